The number of unbranched alkanes of at least 4 members (excludes halogenated alkanes) is 1. The fourth-order valence-corrected chi connectivity index (χ4v) is 9.11. The van der Waals surface area contributed by atoms with Gasteiger partial charge in [-0.05, 0) is 55.8 Å². The molecule has 0 radical (unpaired) electrons. The van der Waals surface area contributed by atoms with E-state index in [2.05, 4.69) is 79.3 Å². The van der Waals surface area contributed by atoms with Crippen molar-refractivity contribution < 1.29 is 21.7 Å². The van der Waals surface area contributed by atoms with Crippen LogP contribution < -0.4 is 0 Å². The Morgan fingerprint density at radius 2 is 1.56 bits per heavy atom. The van der Waals surface area contributed by atoms with E-state index in [1.54, 1.807) is 6.08 Å². The topological polar surface area (TPSA) is 12.4 Å². The third-order valence-electron chi connectivity index (χ3n) is 5.67. The first-order valence-corrected chi connectivity index (χ1v) is 12.6. The first kappa shape index (κ1) is 29.1. The van der Waals surface area contributed by atoms with Crippen LogP contribution in [-0.2, 0) is 21.7 Å². The van der Waals surface area contributed by atoms with Gasteiger partial charge in [0, 0.05) is 33.8 Å². The van der Waals surface area contributed by atoms with Crippen molar-refractivity contribution in [3.05, 3.63) is 48.7 Å². The molecule has 0 saturated heterocycles. The van der Waals surface area contributed by atoms with E-state index >= 15 is 0 Å². The SMILES string of the molecule is C=CC=CCCC.CCC(C)P(=NC1=CC=CC1)(C(C)CC)C(C)CC.[Ti]. The molecule has 0 aromatic heterocycles. The predicted molar refractivity (Wildman–Crippen MR) is 125 cm³/mol. The van der Waals surface area contributed by atoms with Crippen molar-refractivity contribution in [1.82, 2.24) is 0 Å². The summed E-state index contributed by atoms with van der Waals surface area (Å²) in [6, 6.07) is 0. The molecule has 3 atom stereocenters. The fraction of sp³-hybridized carbons (Fsp3) is 0.667. The van der Waals surface area contributed by atoms with E-state index < -0.39 is 7.05 Å². The van der Waals surface area contributed by atoms with Gasteiger partial charge in [0.05, 0.1) is 0 Å². The third-order valence-corrected chi connectivity index (χ3v) is 11.6. The Bertz CT molecular complexity index is 497. The van der Waals surface area contributed by atoms with E-state index in [4.69, 9.17) is 4.74 Å². The van der Waals surface area contributed by atoms with E-state index in [0.717, 1.165) is 23.4 Å². The molecule has 27 heavy (non-hydrogen) atoms. The normalized spacial score (nSPS) is 18.4. The molecule has 0 aromatic rings. The van der Waals surface area contributed by atoms with Gasteiger partial charge in [-0.15, -0.1) is 0 Å². The van der Waals surface area contributed by atoms with Crippen LogP contribution in [-0.4, -0.2) is 17.0 Å². The van der Waals surface area contributed by atoms with Crippen molar-refractivity contribution in [2.75, 3.05) is 0 Å². The summed E-state index contributed by atoms with van der Waals surface area (Å²) in [4.78, 5) is 0. The molecule has 0 spiro atoms. The molecule has 0 aliphatic heterocycles. The molecule has 1 aliphatic carbocycles. The minimum Gasteiger partial charge on any atom is -0.271 e. The number of allylic oxidation sites excluding steroid dienone is 6. The largest absolute Gasteiger partial charge is 0.271 e. The minimum atomic E-state index is -1.30. The zero-order valence-electron chi connectivity index (χ0n) is 19.0. The van der Waals surface area contributed by atoms with Crippen LogP contribution in [0.1, 0.15) is 87.0 Å². The summed E-state index contributed by atoms with van der Waals surface area (Å²) in [5.41, 5.74) is 3.57. The standard InChI is InChI=1S/C17H32NP.C7H12.Ti/c1-7-14(4)19(15(5)8-2,16(6)9-3)18-17-12-10-11-13-17;1-3-5-7-6-4-2;/h10-12,14-16H,7-9,13H2,1-6H3;3,5,7H,1,4,6H2,2H3;. The van der Waals surface area contributed by atoms with Crippen molar-refractivity contribution in [3.63, 3.8) is 0 Å². The van der Waals surface area contributed by atoms with Crippen LogP contribution in [0.4, 0.5) is 0 Å². The van der Waals surface area contributed by atoms with E-state index in [1.165, 1.54) is 37.8 Å². The Kier molecular flexibility index (Phi) is 18.1. The molecule has 3 heteroatoms. The predicted octanol–water partition coefficient (Wildman–Crippen LogP) is 8.95. The summed E-state index contributed by atoms with van der Waals surface area (Å²) in [5.74, 6) is 0. The van der Waals surface area contributed by atoms with Gasteiger partial charge in [0.25, 0.3) is 0 Å². The Morgan fingerprint density at radius 3 is 1.89 bits per heavy atom. The molecule has 0 fully saturated rings. The molecule has 154 valence electrons. The second-order valence-corrected chi connectivity index (χ2v) is 11.8. The quantitative estimate of drug-likeness (QED) is 0.188. The Morgan fingerprint density at radius 1 is 1.04 bits per heavy atom. The monoisotopic (exact) mass is 425 g/mol. The smallest absolute Gasteiger partial charge is 0.0425 e. The Labute approximate surface area is 185 Å². The molecule has 0 heterocycles. The maximum Gasteiger partial charge on any atom is 0.0425 e. The summed E-state index contributed by atoms with van der Waals surface area (Å²) >= 11 is 0. The fourth-order valence-electron chi connectivity index (χ4n) is 3.57. The number of rotatable bonds is 10. The molecule has 0 N–H and O–H groups in total. The maximum atomic E-state index is 5.43. The third kappa shape index (κ3) is 9.30. The second-order valence-electron chi connectivity index (χ2n) is 7.41. The molecule has 1 nitrogen and oxygen atoms in total. The van der Waals surface area contributed by atoms with Gasteiger partial charge in [0.2, 0.25) is 0 Å². The van der Waals surface area contributed by atoms with Crippen molar-refractivity contribution in [2.24, 2.45) is 4.74 Å². The Balaban J connectivity index is 0. The van der Waals surface area contributed by atoms with E-state index in [1.807, 2.05) is 6.08 Å². The zero-order chi connectivity index (χ0) is 20.0. The zero-order valence-corrected chi connectivity index (χ0v) is 21.5. The van der Waals surface area contributed by atoms with Crippen LogP contribution in [0.15, 0.2) is 53.5 Å². The Hall–Kier alpha value is -0.0957. The van der Waals surface area contributed by atoms with Gasteiger partial charge in [-0.1, -0.05) is 91.8 Å². The van der Waals surface area contributed by atoms with Gasteiger partial charge in [-0.2, -0.15) is 0 Å². The molecular formula is C24H44NPTi. The van der Waals surface area contributed by atoms with Gasteiger partial charge >= 0.3 is 0 Å². The maximum absolute atomic E-state index is 5.43. The minimum absolute atomic E-state index is 0. The number of nitrogens with zero attached hydrogens (tertiary/aromatic N) is 1. The van der Waals surface area contributed by atoms with Crippen LogP contribution in [0.3, 0.4) is 0 Å². The summed E-state index contributed by atoms with van der Waals surface area (Å²) in [7, 11) is -1.30. The van der Waals surface area contributed by atoms with Crippen molar-refractivity contribution in [1.29, 1.82) is 0 Å². The van der Waals surface area contributed by atoms with E-state index in [-0.39, 0.29) is 21.7 Å². The second kappa shape index (κ2) is 16.8. The molecule has 0 saturated carbocycles. The van der Waals surface area contributed by atoms with Gasteiger partial charge < -0.3 is 0 Å². The van der Waals surface area contributed by atoms with Crippen LogP contribution >= 0.6 is 7.05 Å². The summed E-state index contributed by atoms with van der Waals surface area (Å²) in [6.07, 6.45) is 19.7. The first-order chi connectivity index (χ1) is 12.4. The van der Waals surface area contributed by atoms with Crippen LogP contribution in [0.25, 0.3) is 0 Å². The van der Waals surface area contributed by atoms with E-state index in [0.29, 0.717) is 0 Å². The average molecular weight is 425 g/mol. The summed E-state index contributed by atoms with van der Waals surface area (Å²) in [5, 5.41) is 0. The van der Waals surface area contributed by atoms with Crippen molar-refractivity contribution in [3.8, 4) is 0 Å². The summed E-state index contributed by atoms with van der Waals surface area (Å²) < 4.78 is 5.43. The van der Waals surface area contributed by atoms with Crippen LogP contribution in [0.5, 0.6) is 0 Å². The molecule has 0 amide bonds. The molecule has 3 unspecified atom stereocenters. The van der Waals surface area contributed by atoms with Gasteiger partial charge in [0.15, 0.2) is 0 Å². The van der Waals surface area contributed by atoms with Crippen molar-refractivity contribution >= 4 is 7.05 Å². The molecular weight excluding hydrogens is 381 g/mol. The van der Waals surface area contributed by atoms with Gasteiger partial charge in [0.1, 0.15) is 0 Å². The van der Waals surface area contributed by atoms with Crippen molar-refractivity contribution in [2.45, 2.75) is 104 Å². The molecule has 0 bridgehead atoms. The first-order valence-electron chi connectivity index (χ1n) is 10.7. The molecule has 1 aliphatic rings. The van der Waals surface area contributed by atoms with Gasteiger partial charge in [-0.3, -0.25) is 4.74 Å². The molecule has 0 aromatic carbocycles. The van der Waals surface area contributed by atoms with Crippen LogP contribution in [0, 0.1) is 0 Å². The molecule has 1 rings (SSSR count). The van der Waals surface area contributed by atoms with E-state index in [9.17, 15) is 0 Å². The number of hydrogen-bond acceptors (Lipinski definition) is 1. The van der Waals surface area contributed by atoms with Crippen LogP contribution in [0.2, 0.25) is 0 Å². The summed E-state index contributed by atoms with van der Waals surface area (Å²) in [6.45, 7) is 20.0. The number of hydrogen-bond donors (Lipinski definition) is 0. The van der Waals surface area contributed by atoms with Gasteiger partial charge in [-0.25, -0.2) is 0 Å². The average Bonchev–Trinajstić information content (AvgIpc) is 3.18.